The lowest BCUT2D eigenvalue weighted by molar-refractivity contribution is 0.102. The maximum atomic E-state index is 12.0. The predicted octanol–water partition coefficient (Wildman–Crippen LogP) is 1.61. The van der Waals surface area contributed by atoms with Crippen LogP contribution in [-0.4, -0.2) is 20.7 Å². The molecule has 0 aliphatic carbocycles. The van der Waals surface area contributed by atoms with Crippen LogP contribution in [-0.2, 0) is 7.05 Å². The zero-order valence-corrected chi connectivity index (χ0v) is 10.7. The van der Waals surface area contributed by atoms with Gasteiger partial charge in [-0.25, -0.2) is 4.98 Å². The smallest absolute Gasteiger partial charge is 0.278 e. The Kier molecular flexibility index (Phi) is 3.20. The maximum absolute atomic E-state index is 12.0. The highest BCUT2D eigenvalue weighted by atomic mass is 35.5. The summed E-state index contributed by atoms with van der Waals surface area (Å²) >= 11 is 5.89. The van der Waals surface area contributed by atoms with E-state index < -0.39 is 5.91 Å². The van der Waals surface area contributed by atoms with E-state index in [0.717, 1.165) is 5.56 Å². The second-order valence-electron chi connectivity index (χ2n) is 3.91. The molecule has 2 aromatic rings. The molecule has 0 atom stereocenters. The zero-order chi connectivity index (χ0) is 13.3. The van der Waals surface area contributed by atoms with Gasteiger partial charge in [0.05, 0.1) is 11.4 Å². The minimum atomic E-state index is -0.414. The van der Waals surface area contributed by atoms with E-state index in [4.69, 9.17) is 17.3 Å². The minimum Gasteiger partial charge on any atom is -0.396 e. The van der Waals surface area contributed by atoms with Crippen molar-refractivity contribution in [3.05, 3.63) is 34.9 Å². The molecule has 3 N–H and O–H groups in total. The van der Waals surface area contributed by atoms with Crippen molar-refractivity contribution in [2.24, 2.45) is 7.05 Å². The highest BCUT2D eigenvalue weighted by Crippen LogP contribution is 2.21. The Morgan fingerprint density at radius 1 is 1.56 bits per heavy atom. The molecule has 0 aromatic carbocycles. The molecule has 1 amide bonds. The lowest BCUT2D eigenvalue weighted by atomic mass is 10.3. The van der Waals surface area contributed by atoms with Crippen molar-refractivity contribution in [2.45, 2.75) is 6.92 Å². The Morgan fingerprint density at radius 3 is 2.89 bits per heavy atom. The number of aromatic nitrogens is 3. The van der Waals surface area contributed by atoms with E-state index >= 15 is 0 Å². The number of rotatable bonds is 2. The van der Waals surface area contributed by atoms with Crippen molar-refractivity contribution < 1.29 is 4.79 Å². The quantitative estimate of drug-likeness (QED) is 0.808. The Morgan fingerprint density at radius 2 is 2.28 bits per heavy atom. The summed E-state index contributed by atoms with van der Waals surface area (Å²) in [5, 5.41) is 6.83. The number of carbonyl (C=O) groups excluding carboxylic acids is 1. The van der Waals surface area contributed by atoms with Crippen molar-refractivity contribution in [3.8, 4) is 0 Å². The van der Waals surface area contributed by atoms with E-state index in [1.165, 1.54) is 4.68 Å². The monoisotopic (exact) mass is 265 g/mol. The first-order valence-corrected chi connectivity index (χ1v) is 5.58. The second-order valence-corrected chi connectivity index (χ2v) is 4.27. The molecule has 0 saturated heterocycles. The Bertz CT molecular complexity index is 607. The molecule has 0 radical (unpaired) electrons. The van der Waals surface area contributed by atoms with Crippen LogP contribution in [0.3, 0.4) is 0 Å². The van der Waals surface area contributed by atoms with E-state index in [1.54, 1.807) is 25.5 Å². The van der Waals surface area contributed by atoms with Crippen LogP contribution in [0.4, 0.5) is 11.4 Å². The molecule has 18 heavy (non-hydrogen) atoms. The van der Waals surface area contributed by atoms with Crippen LogP contribution < -0.4 is 11.1 Å². The van der Waals surface area contributed by atoms with Crippen LogP contribution in [0.15, 0.2) is 18.5 Å². The molecule has 2 rings (SSSR count). The third-order valence-electron chi connectivity index (χ3n) is 2.30. The zero-order valence-electron chi connectivity index (χ0n) is 9.94. The molecule has 94 valence electrons. The van der Waals surface area contributed by atoms with Crippen molar-refractivity contribution in [2.75, 3.05) is 11.1 Å². The topological polar surface area (TPSA) is 85.8 Å². The van der Waals surface area contributed by atoms with Crippen LogP contribution >= 0.6 is 11.6 Å². The van der Waals surface area contributed by atoms with E-state index in [9.17, 15) is 4.79 Å². The number of nitrogens with zero attached hydrogens (tertiary/aromatic N) is 3. The van der Waals surface area contributed by atoms with Gasteiger partial charge in [0.15, 0.2) is 10.8 Å². The largest absolute Gasteiger partial charge is 0.396 e. The second kappa shape index (κ2) is 4.66. The number of anilines is 2. The van der Waals surface area contributed by atoms with E-state index in [-0.39, 0.29) is 10.8 Å². The highest BCUT2D eigenvalue weighted by molar-refractivity contribution is 6.32. The molecule has 2 heterocycles. The summed E-state index contributed by atoms with van der Waals surface area (Å²) < 4.78 is 1.47. The van der Waals surface area contributed by atoms with Gasteiger partial charge in [0.2, 0.25) is 0 Å². The van der Waals surface area contributed by atoms with Crippen LogP contribution in [0.5, 0.6) is 0 Å². The highest BCUT2D eigenvalue weighted by Gasteiger charge is 2.15. The van der Waals surface area contributed by atoms with Crippen LogP contribution in [0.2, 0.25) is 5.15 Å². The molecule has 7 heteroatoms. The molecule has 0 unspecified atom stereocenters. The average Bonchev–Trinajstić information content (AvgIpc) is 2.63. The number of carbonyl (C=O) groups is 1. The minimum absolute atomic E-state index is 0.162. The SMILES string of the molecule is Cc1cnc(Cl)c(NC(=O)c2nn(C)cc2N)c1. The van der Waals surface area contributed by atoms with Gasteiger partial charge in [-0.2, -0.15) is 5.10 Å². The first-order valence-electron chi connectivity index (χ1n) is 5.20. The molecule has 0 aliphatic rings. The first-order chi connectivity index (χ1) is 8.47. The lowest BCUT2D eigenvalue weighted by Crippen LogP contribution is -2.15. The summed E-state index contributed by atoms with van der Waals surface area (Å²) in [6.45, 7) is 1.86. The summed E-state index contributed by atoms with van der Waals surface area (Å²) in [7, 11) is 1.69. The van der Waals surface area contributed by atoms with Crippen molar-refractivity contribution in [3.63, 3.8) is 0 Å². The fourth-order valence-corrected chi connectivity index (χ4v) is 1.66. The molecule has 0 aliphatic heterocycles. The van der Waals surface area contributed by atoms with Crippen molar-refractivity contribution in [1.29, 1.82) is 0 Å². The number of nitrogens with one attached hydrogen (secondary N) is 1. The molecule has 0 bridgehead atoms. The van der Waals surface area contributed by atoms with Gasteiger partial charge in [-0.05, 0) is 18.6 Å². The van der Waals surface area contributed by atoms with E-state index in [2.05, 4.69) is 15.4 Å². The number of halogens is 1. The van der Waals surface area contributed by atoms with Gasteiger partial charge in [0.1, 0.15) is 0 Å². The average molecular weight is 266 g/mol. The number of aryl methyl sites for hydroxylation is 2. The Balaban J connectivity index is 2.26. The third kappa shape index (κ3) is 2.43. The van der Waals surface area contributed by atoms with Crippen LogP contribution in [0.25, 0.3) is 0 Å². The summed E-state index contributed by atoms with van der Waals surface area (Å²) in [6.07, 6.45) is 3.18. The molecule has 6 nitrogen and oxygen atoms in total. The van der Waals surface area contributed by atoms with Crippen molar-refractivity contribution in [1.82, 2.24) is 14.8 Å². The maximum Gasteiger partial charge on any atom is 0.278 e. The fraction of sp³-hybridized carbons (Fsp3) is 0.182. The number of pyridine rings is 1. The fourth-order valence-electron chi connectivity index (χ4n) is 1.50. The molecule has 0 fully saturated rings. The van der Waals surface area contributed by atoms with Gasteiger partial charge in [0, 0.05) is 19.4 Å². The number of nitrogens with two attached hydrogens (primary N) is 1. The molecule has 0 saturated carbocycles. The molecular formula is C11H12ClN5O. The number of hydrogen-bond donors (Lipinski definition) is 2. The van der Waals surface area contributed by atoms with Gasteiger partial charge >= 0.3 is 0 Å². The van der Waals surface area contributed by atoms with Gasteiger partial charge in [-0.1, -0.05) is 11.6 Å². The first kappa shape index (κ1) is 12.4. The summed E-state index contributed by atoms with van der Waals surface area (Å²) in [5.41, 5.74) is 7.47. The molecule has 2 aromatic heterocycles. The lowest BCUT2D eigenvalue weighted by Gasteiger charge is -2.06. The normalized spacial score (nSPS) is 10.4. The van der Waals surface area contributed by atoms with E-state index in [1.807, 2.05) is 6.92 Å². The predicted molar refractivity (Wildman–Crippen MR) is 69.6 cm³/mol. The van der Waals surface area contributed by atoms with Crippen LogP contribution in [0.1, 0.15) is 16.1 Å². The Hall–Kier alpha value is -2.08. The third-order valence-corrected chi connectivity index (χ3v) is 2.60. The summed E-state index contributed by atoms with van der Waals surface area (Å²) in [6, 6.07) is 1.73. The van der Waals surface area contributed by atoms with Gasteiger partial charge in [0.25, 0.3) is 5.91 Å². The van der Waals surface area contributed by atoms with Gasteiger partial charge < -0.3 is 11.1 Å². The molecule has 0 spiro atoms. The summed E-state index contributed by atoms with van der Waals surface area (Å²) in [5.74, 6) is -0.414. The van der Waals surface area contributed by atoms with Crippen LogP contribution in [0, 0.1) is 6.92 Å². The van der Waals surface area contributed by atoms with Crippen molar-refractivity contribution >= 4 is 28.9 Å². The molecular weight excluding hydrogens is 254 g/mol. The van der Waals surface area contributed by atoms with E-state index in [0.29, 0.717) is 11.4 Å². The van der Waals surface area contributed by atoms with Gasteiger partial charge in [-0.3, -0.25) is 9.48 Å². The Labute approximate surface area is 109 Å². The standard InChI is InChI=1S/C11H12ClN5O/c1-6-3-8(10(12)14-4-6)15-11(18)9-7(13)5-17(2)16-9/h3-5H,13H2,1-2H3,(H,15,18). The number of amides is 1. The number of hydrogen-bond acceptors (Lipinski definition) is 4. The number of nitrogen functional groups attached to an aromatic ring is 1. The van der Waals surface area contributed by atoms with Gasteiger partial charge in [-0.15, -0.1) is 0 Å². The summed E-state index contributed by atoms with van der Waals surface area (Å²) in [4.78, 5) is 15.9.